The number of ether oxygens (including phenoxy) is 1. The maximum absolute atomic E-state index is 13.2. The number of H-pyrrole nitrogens is 1. The molecule has 1 aliphatic rings. The summed E-state index contributed by atoms with van der Waals surface area (Å²) in [7, 11) is 1.71. The Bertz CT molecular complexity index is 1300. The van der Waals surface area contributed by atoms with Gasteiger partial charge >= 0.3 is 0 Å². The normalized spacial score (nSPS) is 15.1. The van der Waals surface area contributed by atoms with Gasteiger partial charge < -0.3 is 14.6 Å². The van der Waals surface area contributed by atoms with Crippen LogP contribution < -0.4 is 5.32 Å². The third kappa shape index (κ3) is 2.82. The summed E-state index contributed by atoms with van der Waals surface area (Å²) < 4.78 is 7.65. The van der Waals surface area contributed by atoms with Gasteiger partial charge in [-0.15, -0.1) is 10.2 Å². The van der Waals surface area contributed by atoms with Crippen LogP contribution in [0.4, 0.5) is 5.69 Å². The standard InChI is InChI=1S/C21H17N7O2/c1-30-18-7-8-28-17(10-13-3-2-4-14(18)19(13)28)21(29)23-16-6-5-12(11-22)9-15(16)20-24-26-27-25-20/h2-6,9-10,18H,7-8H2,1H3,(H,23,29)(H,24,25,26,27). The molecular formula is C21H17N7O2. The Hall–Kier alpha value is -4.03. The van der Waals surface area contributed by atoms with Crippen molar-refractivity contribution in [1.82, 2.24) is 25.2 Å². The molecular weight excluding hydrogens is 382 g/mol. The van der Waals surface area contributed by atoms with Crippen LogP contribution in [0.15, 0.2) is 42.5 Å². The first-order chi connectivity index (χ1) is 14.7. The molecule has 1 aliphatic heterocycles. The number of methoxy groups -OCH3 is 1. The number of nitrogens with zero attached hydrogens (tertiary/aromatic N) is 5. The van der Waals surface area contributed by atoms with E-state index in [0.29, 0.717) is 34.9 Å². The molecule has 2 N–H and O–H groups in total. The molecule has 0 bridgehead atoms. The highest BCUT2D eigenvalue weighted by Crippen LogP contribution is 2.36. The number of aryl methyl sites for hydroxylation is 1. The lowest BCUT2D eigenvalue weighted by molar-refractivity contribution is 0.0874. The lowest BCUT2D eigenvalue weighted by Crippen LogP contribution is -2.21. The zero-order valence-electron chi connectivity index (χ0n) is 16.1. The monoisotopic (exact) mass is 399 g/mol. The number of nitrogens with one attached hydrogen (secondary N) is 2. The van der Waals surface area contributed by atoms with Crippen molar-refractivity contribution >= 4 is 22.5 Å². The quantitative estimate of drug-likeness (QED) is 0.544. The number of para-hydroxylation sites is 1. The van der Waals surface area contributed by atoms with Crippen LogP contribution in [0.25, 0.3) is 22.3 Å². The number of carbonyl (C=O) groups excluding carboxylic acids is 1. The Morgan fingerprint density at radius 2 is 2.23 bits per heavy atom. The molecule has 4 aromatic rings. The number of hydrogen-bond donors (Lipinski definition) is 2. The molecule has 9 nitrogen and oxygen atoms in total. The van der Waals surface area contributed by atoms with Crippen molar-refractivity contribution in [3.05, 3.63) is 59.3 Å². The van der Waals surface area contributed by atoms with Crippen molar-refractivity contribution in [2.45, 2.75) is 19.1 Å². The fourth-order valence-corrected chi connectivity index (χ4v) is 4.05. The van der Waals surface area contributed by atoms with E-state index in [1.54, 1.807) is 25.3 Å². The number of amides is 1. The van der Waals surface area contributed by atoms with Crippen LogP contribution in [-0.4, -0.2) is 38.2 Å². The molecule has 3 heterocycles. The summed E-state index contributed by atoms with van der Waals surface area (Å²) in [6.07, 6.45) is 0.818. The van der Waals surface area contributed by atoms with Crippen molar-refractivity contribution < 1.29 is 9.53 Å². The van der Waals surface area contributed by atoms with Crippen LogP contribution in [0.1, 0.15) is 34.1 Å². The van der Waals surface area contributed by atoms with Crippen molar-refractivity contribution in [1.29, 1.82) is 5.26 Å². The van der Waals surface area contributed by atoms with Gasteiger partial charge in [0.15, 0.2) is 0 Å². The number of aromatic amines is 1. The molecule has 2 aromatic carbocycles. The first kappa shape index (κ1) is 18.0. The third-order valence-corrected chi connectivity index (χ3v) is 5.41. The van der Waals surface area contributed by atoms with Crippen LogP contribution in [-0.2, 0) is 11.3 Å². The highest BCUT2D eigenvalue weighted by molar-refractivity contribution is 6.08. The van der Waals surface area contributed by atoms with E-state index in [2.05, 4.69) is 32.0 Å². The van der Waals surface area contributed by atoms with E-state index in [4.69, 9.17) is 4.74 Å². The second kappa shape index (κ2) is 7.09. The van der Waals surface area contributed by atoms with Crippen molar-refractivity contribution in [2.24, 2.45) is 0 Å². The number of hydrogen-bond acceptors (Lipinski definition) is 6. The number of benzene rings is 2. The SMILES string of the molecule is COC1CCn2c(C(=O)Nc3ccc(C#N)cc3-c3nn[nH]n3)cc3cccc1c32. The topological polar surface area (TPSA) is 122 Å². The highest BCUT2D eigenvalue weighted by atomic mass is 16.5. The third-order valence-electron chi connectivity index (χ3n) is 5.41. The van der Waals surface area contributed by atoms with Gasteiger partial charge in [-0.1, -0.05) is 18.2 Å². The fourth-order valence-electron chi connectivity index (χ4n) is 4.05. The minimum absolute atomic E-state index is 0.0235. The first-order valence-electron chi connectivity index (χ1n) is 9.44. The van der Waals surface area contributed by atoms with Crippen molar-refractivity contribution in [2.75, 3.05) is 12.4 Å². The van der Waals surface area contributed by atoms with Crippen LogP contribution in [0, 0.1) is 11.3 Å². The molecule has 0 aliphatic carbocycles. The van der Waals surface area contributed by atoms with Gasteiger partial charge in [-0.25, -0.2) is 0 Å². The lowest BCUT2D eigenvalue weighted by atomic mass is 10.0. The molecule has 0 radical (unpaired) electrons. The number of carbonyl (C=O) groups is 1. The molecule has 30 heavy (non-hydrogen) atoms. The van der Waals surface area contributed by atoms with E-state index in [0.717, 1.165) is 22.9 Å². The molecule has 148 valence electrons. The molecule has 1 unspecified atom stereocenters. The van der Waals surface area contributed by atoms with E-state index in [9.17, 15) is 10.1 Å². The molecule has 5 rings (SSSR count). The van der Waals surface area contributed by atoms with Gasteiger partial charge in [-0.3, -0.25) is 4.79 Å². The summed E-state index contributed by atoms with van der Waals surface area (Å²) in [5.41, 5.74) is 4.14. The summed E-state index contributed by atoms with van der Waals surface area (Å²) >= 11 is 0. The Balaban J connectivity index is 1.56. The van der Waals surface area contributed by atoms with Gasteiger partial charge in [0.25, 0.3) is 5.91 Å². The number of anilines is 1. The molecule has 0 spiro atoms. The molecule has 0 fully saturated rings. The molecule has 1 amide bonds. The number of rotatable bonds is 4. The average Bonchev–Trinajstić information content (AvgIpc) is 3.44. The number of aromatic nitrogens is 5. The minimum atomic E-state index is -0.248. The van der Waals surface area contributed by atoms with Crippen LogP contribution in [0.5, 0.6) is 0 Å². The van der Waals surface area contributed by atoms with Gasteiger partial charge in [-0.2, -0.15) is 10.5 Å². The number of tetrazole rings is 1. The predicted molar refractivity (Wildman–Crippen MR) is 109 cm³/mol. The van der Waals surface area contributed by atoms with E-state index in [-0.39, 0.29) is 12.0 Å². The van der Waals surface area contributed by atoms with Gasteiger partial charge in [0.2, 0.25) is 5.82 Å². The summed E-state index contributed by atoms with van der Waals surface area (Å²) in [6.45, 7) is 0.687. The maximum atomic E-state index is 13.2. The molecule has 1 atom stereocenters. The maximum Gasteiger partial charge on any atom is 0.272 e. The first-order valence-corrected chi connectivity index (χ1v) is 9.44. The minimum Gasteiger partial charge on any atom is -0.377 e. The Kier molecular flexibility index (Phi) is 4.26. The lowest BCUT2D eigenvalue weighted by Gasteiger charge is -2.25. The molecule has 0 saturated heterocycles. The molecule has 9 heteroatoms. The second-order valence-corrected chi connectivity index (χ2v) is 7.04. The number of nitriles is 1. The van der Waals surface area contributed by atoms with E-state index < -0.39 is 0 Å². The van der Waals surface area contributed by atoms with Crippen molar-refractivity contribution in [3.8, 4) is 17.5 Å². The van der Waals surface area contributed by atoms with Gasteiger partial charge in [0, 0.05) is 30.2 Å². The smallest absolute Gasteiger partial charge is 0.272 e. The molecule has 0 saturated carbocycles. The van der Waals surface area contributed by atoms with Crippen molar-refractivity contribution in [3.63, 3.8) is 0 Å². The molecule has 2 aromatic heterocycles. The largest absolute Gasteiger partial charge is 0.377 e. The van der Waals surface area contributed by atoms with Crippen LogP contribution >= 0.6 is 0 Å². The van der Waals surface area contributed by atoms with Crippen LogP contribution in [0.2, 0.25) is 0 Å². The van der Waals surface area contributed by atoms with Gasteiger partial charge in [-0.05, 0) is 35.9 Å². The Morgan fingerprint density at radius 1 is 1.33 bits per heavy atom. The Labute approximate surface area is 171 Å². The Morgan fingerprint density at radius 3 is 3.00 bits per heavy atom. The highest BCUT2D eigenvalue weighted by Gasteiger charge is 2.26. The zero-order valence-corrected chi connectivity index (χ0v) is 16.1. The summed E-state index contributed by atoms with van der Waals surface area (Å²) in [5, 5.41) is 27.1. The zero-order chi connectivity index (χ0) is 20.7. The van der Waals surface area contributed by atoms with E-state index >= 15 is 0 Å². The van der Waals surface area contributed by atoms with Gasteiger partial charge in [0.1, 0.15) is 5.69 Å². The van der Waals surface area contributed by atoms with Crippen LogP contribution in [0.3, 0.4) is 0 Å². The summed E-state index contributed by atoms with van der Waals surface area (Å²) in [6, 6.07) is 14.9. The second-order valence-electron chi connectivity index (χ2n) is 7.04. The van der Waals surface area contributed by atoms with E-state index in [1.165, 1.54) is 0 Å². The summed E-state index contributed by atoms with van der Waals surface area (Å²) in [5.74, 6) is 0.0525. The fraction of sp³-hybridized carbons (Fsp3) is 0.190. The van der Waals surface area contributed by atoms with Gasteiger partial charge in [0.05, 0.1) is 28.9 Å². The predicted octanol–water partition coefficient (Wildman–Crippen LogP) is 3.04. The average molecular weight is 399 g/mol. The summed E-state index contributed by atoms with van der Waals surface area (Å²) in [4.78, 5) is 13.2. The van der Waals surface area contributed by atoms with E-state index in [1.807, 2.05) is 28.8 Å².